The Labute approximate surface area is 150 Å². The van der Waals surface area contributed by atoms with Gasteiger partial charge in [-0.15, -0.1) is 0 Å². The molecule has 2 heterocycles. The number of benzene rings is 1. The fraction of sp³-hybridized carbons (Fsp3) is 0.529. The number of nitrogens with one attached hydrogen (secondary N) is 1. The summed E-state index contributed by atoms with van der Waals surface area (Å²) in [4.78, 5) is 28.3. The van der Waals surface area contributed by atoms with Gasteiger partial charge in [0.05, 0.1) is 23.8 Å². The molecule has 0 aliphatic carbocycles. The average Bonchev–Trinajstić information content (AvgIpc) is 2.62. The van der Waals surface area contributed by atoms with Crippen LogP contribution in [0.25, 0.3) is 0 Å². The molecule has 0 aromatic heterocycles. The zero-order chi connectivity index (χ0) is 17.8. The molecular weight excluding hydrogens is 349 g/mol. The van der Waals surface area contributed by atoms with Gasteiger partial charge in [-0.05, 0) is 31.0 Å². The van der Waals surface area contributed by atoms with Gasteiger partial charge in [0.25, 0.3) is 5.91 Å². The maximum atomic E-state index is 13.1. The summed E-state index contributed by atoms with van der Waals surface area (Å²) in [5, 5.41) is 3.01. The zero-order valence-corrected chi connectivity index (χ0v) is 14.6. The number of carbonyl (C=O) groups excluding carboxylic acids is 2. The molecule has 0 unspecified atom stereocenters. The van der Waals surface area contributed by atoms with Crippen molar-refractivity contribution in [3.63, 3.8) is 0 Å². The molecule has 6 nitrogen and oxygen atoms in total. The van der Waals surface area contributed by atoms with E-state index >= 15 is 0 Å². The summed E-state index contributed by atoms with van der Waals surface area (Å²) in [5.41, 5.74) is 0.259. The number of halogens is 2. The van der Waals surface area contributed by atoms with Crippen LogP contribution in [0.2, 0.25) is 5.02 Å². The Hall–Kier alpha value is -1.86. The molecule has 1 aromatic carbocycles. The highest BCUT2D eigenvalue weighted by Gasteiger charge is 2.28. The van der Waals surface area contributed by atoms with Gasteiger partial charge in [-0.3, -0.25) is 4.79 Å². The molecule has 0 radical (unpaired) electrons. The number of piperidine rings is 1. The predicted molar refractivity (Wildman–Crippen MR) is 91.3 cm³/mol. The maximum Gasteiger partial charge on any atom is 0.320 e. The molecule has 0 saturated carbocycles. The normalized spacial score (nSPS) is 19.0. The molecule has 2 aliphatic rings. The van der Waals surface area contributed by atoms with Gasteiger partial charge >= 0.3 is 6.03 Å². The summed E-state index contributed by atoms with van der Waals surface area (Å²) in [7, 11) is 0. The number of hydrogen-bond donors (Lipinski definition) is 1. The van der Waals surface area contributed by atoms with Crippen molar-refractivity contribution < 1.29 is 18.7 Å². The van der Waals surface area contributed by atoms with Crippen LogP contribution in [0.4, 0.5) is 9.18 Å². The van der Waals surface area contributed by atoms with Crippen molar-refractivity contribution in [1.29, 1.82) is 0 Å². The number of likely N-dealkylation sites (tertiary alicyclic amines) is 1. The second-order valence-electron chi connectivity index (χ2n) is 6.24. The SMILES string of the molecule is O=C(NC1CCN(C(=O)N2CCOCC2)CC1)c1ccc(F)cc1Cl. The molecule has 0 bridgehead atoms. The van der Waals surface area contributed by atoms with Gasteiger partial charge in [0.2, 0.25) is 0 Å². The molecule has 2 aliphatic heterocycles. The van der Waals surface area contributed by atoms with E-state index in [0.717, 1.165) is 6.07 Å². The topological polar surface area (TPSA) is 61.9 Å². The Morgan fingerprint density at radius 3 is 2.40 bits per heavy atom. The van der Waals surface area contributed by atoms with Crippen molar-refractivity contribution in [2.75, 3.05) is 39.4 Å². The largest absolute Gasteiger partial charge is 0.378 e. The molecule has 2 fully saturated rings. The Morgan fingerprint density at radius 1 is 1.12 bits per heavy atom. The summed E-state index contributed by atoms with van der Waals surface area (Å²) < 4.78 is 18.3. The molecule has 2 saturated heterocycles. The van der Waals surface area contributed by atoms with Crippen LogP contribution < -0.4 is 5.32 Å². The molecule has 8 heteroatoms. The van der Waals surface area contributed by atoms with Crippen molar-refractivity contribution in [1.82, 2.24) is 15.1 Å². The van der Waals surface area contributed by atoms with Crippen LogP contribution in [0, 0.1) is 5.82 Å². The summed E-state index contributed by atoms with van der Waals surface area (Å²) in [5.74, 6) is -0.792. The smallest absolute Gasteiger partial charge is 0.320 e. The fourth-order valence-corrected chi connectivity index (χ4v) is 3.36. The van der Waals surface area contributed by atoms with Crippen LogP contribution >= 0.6 is 11.6 Å². The molecule has 3 amide bonds. The van der Waals surface area contributed by atoms with Gasteiger partial charge in [0.1, 0.15) is 5.82 Å². The molecule has 0 spiro atoms. The number of morpholine rings is 1. The quantitative estimate of drug-likeness (QED) is 0.868. The number of ether oxygens (including phenoxy) is 1. The summed E-state index contributed by atoms with van der Waals surface area (Å²) in [6, 6.07) is 3.73. The van der Waals surface area contributed by atoms with E-state index in [9.17, 15) is 14.0 Å². The van der Waals surface area contributed by atoms with E-state index in [4.69, 9.17) is 16.3 Å². The van der Waals surface area contributed by atoms with E-state index in [1.165, 1.54) is 12.1 Å². The standard InChI is InChI=1S/C17H21ClFN3O3/c18-15-11-12(19)1-2-14(15)16(23)20-13-3-5-21(6-4-13)17(24)22-7-9-25-10-8-22/h1-2,11,13H,3-10H2,(H,20,23). The van der Waals surface area contributed by atoms with Crippen molar-refractivity contribution >= 4 is 23.5 Å². The lowest BCUT2D eigenvalue weighted by Gasteiger charge is -2.37. The predicted octanol–water partition coefficient (Wildman–Crippen LogP) is 2.13. The summed E-state index contributed by atoms with van der Waals surface area (Å²) >= 11 is 5.92. The Morgan fingerprint density at radius 2 is 1.76 bits per heavy atom. The van der Waals surface area contributed by atoms with Crippen LogP contribution in [0.3, 0.4) is 0 Å². The molecule has 1 N–H and O–H groups in total. The van der Waals surface area contributed by atoms with Crippen molar-refractivity contribution in [2.24, 2.45) is 0 Å². The van der Waals surface area contributed by atoms with E-state index in [1.54, 1.807) is 4.90 Å². The first-order valence-electron chi connectivity index (χ1n) is 8.42. The van der Waals surface area contributed by atoms with E-state index in [-0.39, 0.29) is 28.6 Å². The van der Waals surface area contributed by atoms with E-state index in [0.29, 0.717) is 52.2 Å². The lowest BCUT2D eigenvalue weighted by atomic mass is 10.0. The number of urea groups is 1. The van der Waals surface area contributed by atoms with Crippen molar-refractivity contribution in [2.45, 2.75) is 18.9 Å². The summed E-state index contributed by atoms with van der Waals surface area (Å²) in [6.07, 6.45) is 1.36. The average molecular weight is 370 g/mol. The third-order valence-electron chi connectivity index (χ3n) is 4.56. The minimum atomic E-state index is -0.475. The summed E-state index contributed by atoms with van der Waals surface area (Å²) in [6.45, 7) is 3.60. The van der Waals surface area contributed by atoms with Crippen LogP contribution in [0.1, 0.15) is 23.2 Å². The van der Waals surface area contributed by atoms with E-state index in [1.807, 2.05) is 4.90 Å². The number of amides is 3. The van der Waals surface area contributed by atoms with Crippen LogP contribution in [0.15, 0.2) is 18.2 Å². The lowest BCUT2D eigenvalue weighted by molar-refractivity contribution is 0.0407. The second kappa shape index (κ2) is 8.01. The highest BCUT2D eigenvalue weighted by atomic mass is 35.5. The first-order valence-corrected chi connectivity index (χ1v) is 8.80. The van der Waals surface area contributed by atoms with Crippen LogP contribution in [-0.4, -0.2) is 67.2 Å². The Bertz CT molecular complexity index is 644. The van der Waals surface area contributed by atoms with Crippen molar-refractivity contribution in [3.05, 3.63) is 34.6 Å². The lowest BCUT2D eigenvalue weighted by Crippen LogP contribution is -2.52. The van der Waals surface area contributed by atoms with Crippen molar-refractivity contribution in [3.8, 4) is 0 Å². The minimum absolute atomic E-state index is 0.0256. The van der Waals surface area contributed by atoms with Gasteiger partial charge in [-0.25, -0.2) is 9.18 Å². The van der Waals surface area contributed by atoms with Crippen LogP contribution in [0.5, 0.6) is 0 Å². The maximum absolute atomic E-state index is 13.1. The minimum Gasteiger partial charge on any atom is -0.378 e. The third kappa shape index (κ3) is 4.41. The van der Waals surface area contributed by atoms with Gasteiger partial charge in [0, 0.05) is 32.2 Å². The number of hydrogen-bond acceptors (Lipinski definition) is 3. The first kappa shape index (κ1) is 17.9. The fourth-order valence-electron chi connectivity index (χ4n) is 3.11. The van der Waals surface area contributed by atoms with Gasteiger partial charge < -0.3 is 19.9 Å². The molecule has 0 atom stereocenters. The monoisotopic (exact) mass is 369 g/mol. The highest BCUT2D eigenvalue weighted by molar-refractivity contribution is 6.33. The Kier molecular flexibility index (Phi) is 5.75. The van der Waals surface area contributed by atoms with Gasteiger partial charge in [0.15, 0.2) is 0 Å². The number of nitrogens with zero attached hydrogens (tertiary/aromatic N) is 2. The van der Waals surface area contributed by atoms with E-state index < -0.39 is 5.82 Å². The molecule has 136 valence electrons. The van der Waals surface area contributed by atoms with Crippen LogP contribution in [-0.2, 0) is 4.74 Å². The van der Waals surface area contributed by atoms with Gasteiger partial charge in [-0.2, -0.15) is 0 Å². The first-order chi connectivity index (χ1) is 12.0. The molecule has 1 aromatic rings. The molecular formula is C17H21ClFN3O3. The molecule has 3 rings (SSSR count). The number of rotatable bonds is 2. The molecule has 25 heavy (non-hydrogen) atoms. The zero-order valence-electron chi connectivity index (χ0n) is 13.8. The number of carbonyl (C=O) groups is 2. The van der Waals surface area contributed by atoms with E-state index in [2.05, 4.69) is 5.32 Å². The second-order valence-corrected chi connectivity index (χ2v) is 6.65. The third-order valence-corrected chi connectivity index (χ3v) is 4.87. The Balaban J connectivity index is 1.50. The highest BCUT2D eigenvalue weighted by Crippen LogP contribution is 2.19. The van der Waals surface area contributed by atoms with Gasteiger partial charge in [-0.1, -0.05) is 11.6 Å².